The summed E-state index contributed by atoms with van der Waals surface area (Å²) in [5.74, 6) is -0.357. The Morgan fingerprint density at radius 1 is 1.10 bits per heavy atom. The van der Waals surface area contributed by atoms with Gasteiger partial charge in [0.25, 0.3) is 0 Å². The van der Waals surface area contributed by atoms with Crippen LogP contribution in [-0.4, -0.2) is 29.3 Å². The number of rotatable bonds is 9. The molecule has 0 saturated carbocycles. The van der Waals surface area contributed by atoms with Gasteiger partial charge in [-0.15, -0.1) is 0 Å². The average Bonchev–Trinajstić information content (AvgIpc) is 2.68. The SMILES string of the molecule is CCCCNC(=O)[C@H](C)N(Cc1cccc(C)c1)C(=O)Cc1c(Cl)cccc1Cl. The fourth-order valence-electron chi connectivity index (χ4n) is 3.08. The van der Waals surface area contributed by atoms with Crippen LogP contribution in [0.15, 0.2) is 42.5 Å². The van der Waals surface area contributed by atoms with Gasteiger partial charge in [0.15, 0.2) is 0 Å². The molecule has 1 N–H and O–H groups in total. The maximum atomic E-state index is 13.2. The highest BCUT2D eigenvalue weighted by molar-refractivity contribution is 6.36. The van der Waals surface area contributed by atoms with Crippen LogP contribution in [0.25, 0.3) is 0 Å². The molecule has 2 aromatic carbocycles. The molecule has 2 rings (SSSR count). The van der Waals surface area contributed by atoms with Crippen molar-refractivity contribution < 1.29 is 9.59 Å². The lowest BCUT2D eigenvalue weighted by atomic mass is 10.1. The van der Waals surface area contributed by atoms with Crippen molar-refractivity contribution in [2.24, 2.45) is 0 Å². The summed E-state index contributed by atoms with van der Waals surface area (Å²) in [6.45, 7) is 6.76. The molecule has 156 valence electrons. The Morgan fingerprint density at radius 2 is 1.76 bits per heavy atom. The fourth-order valence-corrected chi connectivity index (χ4v) is 3.61. The second-order valence-corrected chi connectivity index (χ2v) is 8.02. The van der Waals surface area contributed by atoms with E-state index in [0.717, 1.165) is 24.0 Å². The van der Waals surface area contributed by atoms with E-state index in [1.54, 1.807) is 30.0 Å². The third-order valence-electron chi connectivity index (χ3n) is 4.82. The molecule has 0 aliphatic rings. The third-order valence-corrected chi connectivity index (χ3v) is 5.53. The summed E-state index contributed by atoms with van der Waals surface area (Å²) in [6, 6.07) is 12.5. The van der Waals surface area contributed by atoms with Gasteiger partial charge in [0, 0.05) is 23.1 Å². The third kappa shape index (κ3) is 6.76. The molecule has 6 heteroatoms. The largest absolute Gasteiger partial charge is 0.354 e. The van der Waals surface area contributed by atoms with E-state index in [-0.39, 0.29) is 18.2 Å². The highest BCUT2D eigenvalue weighted by Gasteiger charge is 2.27. The van der Waals surface area contributed by atoms with Crippen LogP contribution < -0.4 is 5.32 Å². The van der Waals surface area contributed by atoms with Crippen LogP contribution in [0.5, 0.6) is 0 Å². The van der Waals surface area contributed by atoms with Crippen LogP contribution in [0.2, 0.25) is 10.0 Å². The van der Waals surface area contributed by atoms with Crippen molar-refractivity contribution in [3.8, 4) is 0 Å². The van der Waals surface area contributed by atoms with Crippen LogP contribution in [0.3, 0.4) is 0 Å². The van der Waals surface area contributed by atoms with Crippen LogP contribution in [0.1, 0.15) is 43.4 Å². The number of halogens is 2. The van der Waals surface area contributed by atoms with E-state index in [1.165, 1.54) is 0 Å². The molecule has 0 bridgehead atoms. The summed E-state index contributed by atoms with van der Waals surface area (Å²) in [5, 5.41) is 3.81. The molecule has 2 amide bonds. The van der Waals surface area contributed by atoms with Crippen LogP contribution in [-0.2, 0) is 22.6 Å². The van der Waals surface area contributed by atoms with E-state index in [1.807, 2.05) is 31.2 Å². The number of nitrogens with one attached hydrogen (secondary N) is 1. The van der Waals surface area contributed by atoms with Gasteiger partial charge in [-0.25, -0.2) is 0 Å². The Hall–Kier alpha value is -2.04. The van der Waals surface area contributed by atoms with E-state index < -0.39 is 6.04 Å². The standard InChI is InChI=1S/C23H28Cl2N2O2/c1-4-5-12-26-23(29)17(3)27(15-18-9-6-8-16(2)13-18)22(28)14-19-20(24)10-7-11-21(19)25/h6-11,13,17H,4-5,12,14-15H2,1-3H3,(H,26,29)/t17-/m0/s1. The van der Waals surface area contributed by atoms with Crippen molar-refractivity contribution in [1.82, 2.24) is 10.2 Å². The van der Waals surface area contributed by atoms with Gasteiger partial charge in [-0.05, 0) is 43.5 Å². The van der Waals surface area contributed by atoms with Gasteiger partial charge < -0.3 is 10.2 Å². The first kappa shape index (κ1) is 23.2. The van der Waals surface area contributed by atoms with Crippen molar-refractivity contribution >= 4 is 35.0 Å². The number of aryl methyl sites for hydroxylation is 1. The first-order valence-corrected chi connectivity index (χ1v) is 10.6. The fraction of sp³-hybridized carbons (Fsp3) is 0.391. The zero-order valence-corrected chi connectivity index (χ0v) is 18.7. The van der Waals surface area contributed by atoms with Crippen molar-refractivity contribution in [2.45, 2.75) is 52.6 Å². The van der Waals surface area contributed by atoms with Crippen LogP contribution in [0.4, 0.5) is 0 Å². The van der Waals surface area contributed by atoms with Crippen LogP contribution in [0, 0.1) is 6.92 Å². The number of carbonyl (C=O) groups is 2. The number of hydrogen-bond donors (Lipinski definition) is 1. The predicted molar refractivity (Wildman–Crippen MR) is 119 cm³/mol. The predicted octanol–water partition coefficient (Wildman–Crippen LogP) is 5.18. The maximum absolute atomic E-state index is 13.2. The zero-order valence-electron chi connectivity index (χ0n) is 17.2. The minimum Gasteiger partial charge on any atom is -0.354 e. The number of nitrogens with zero attached hydrogens (tertiary/aromatic N) is 1. The molecule has 0 spiro atoms. The first-order chi connectivity index (χ1) is 13.8. The lowest BCUT2D eigenvalue weighted by Crippen LogP contribution is -2.48. The Balaban J connectivity index is 2.25. The van der Waals surface area contributed by atoms with E-state index in [4.69, 9.17) is 23.2 Å². The molecule has 0 heterocycles. The highest BCUT2D eigenvalue weighted by atomic mass is 35.5. The number of benzene rings is 2. The minimum absolute atomic E-state index is 0.0386. The van der Waals surface area contributed by atoms with Crippen molar-refractivity contribution in [2.75, 3.05) is 6.54 Å². The molecule has 0 radical (unpaired) electrons. The second-order valence-electron chi connectivity index (χ2n) is 7.21. The number of unbranched alkanes of at least 4 members (excludes halogenated alkanes) is 1. The summed E-state index contributed by atoms with van der Waals surface area (Å²) >= 11 is 12.5. The quantitative estimate of drug-likeness (QED) is 0.552. The highest BCUT2D eigenvalue weighted by Crippen LogP contribution is 2.26. The smallest absolute Gasteiger partial charge is 0.242 e. The number of hydrogen-bond acceptors (Lipinski definition) is 2. The molecular formula is C23H28Cl2N2O2. The molecule has 0 unspecified atom stereocenters. The summed E-state index contributed by atoms with van der Waals surface area (Å²) in [6.07, 6.45) is 1.93. The van der Waals surface area contributed by atoms with Crippen molar-refractivity contribution in [3.05, 3.63) is 69.2 Å². The molecule has 29 heavy (non-hydrogen) atoms. The normalized spacial score (nSPS) is 11.8. The molecule has 0 aliphatic carbocycles. The number of amides is 2. The van der Waals surface area contributed by atoms with Gasteiger partial charge in [0.05, 0.1) is 6.42 Å². The Morgan fingerprint density at radius 3 is 2.38 bits per heavy atom. The lowest BCUT2D eigenvalue weighted by molar-refractivity contribution is -0.140. The number of carbonyl (C=O) groups excluding carboxylic acids is 2. The Labute approximate surface area is 183 Å². The monoisotopic (exact) mass is 434 g/mol. The van der Waals surface area contributed by atoms with Crippen LogP contribution >= 0.6 is 23.2 Å². The summed E-state index contributed by atoms with van der Waals surface area (Å²) < 4.78 is 0. The molecule has 4 nitrogen and oxygen atoms in total. The average molecular weight is 435 g/mol. The Kier molecular flexibility index (Phi) is 8.99. The van der Waals surface area contributed by atoms with E-state index >= 15 is 0 Å². The molecule has 2 aromatic rings. The lowest BCUT2D eigenvalue weighted by Gasteiger charge is -2.29. The summed E-state index contributed by atoms with van der Waals surface area (Å²) in [7, 11) is 0. The van der Waals surface area contributed by atoms with E-state index in [0.29, 0.717) is 28.7 Å². The zero-order chi connectivity index (χ0) is 21.4. The second kappa shape index (κ2) is 11.2. The van der Waals surface area contributed by atoms with Gasteiger partial charge in [0.1, 0.15) is 6.04 Å². The maximum Gasteiger partial charge on any atom is 0.242 e. The summed E-state index contributed by atoms with van der Waals surface area (Å²) in [5.41, 5.74) is 2.65. The van der Waals surface area contributed by atoms with Gasteiger partial charge in [-0.3, -0.25) is 9.59 Å². The van der Waals surface area contributed by atoms with Crippen molar-refractivity contribution in [1.29, 1.82) is 0 Å². The molecule has 0 fully saturated rings. The minimum atomic E-state index is -0.610. The van der Waals surface area contributed by atoms with E-state index in [9.17, 15) is 9.59 Å². The van der Waals surface area contributed by atoms with E-state index in [2.05, 4.69) is 12.2 Å². The Bertz CT molecular complexity index is 834. The van der Waals surface area contributed by atoms with Gasteiger partial charge in [0.2, 0.25) is 11.8 Å². The molecule has 0 aromatic heterocycles. The summed E-state index contributed by atoms with van der Waals surface area (Å²) in [4.78, 5) is 27.5. The van der Waals surface area contributed by atoms with Crippen molar-refractivity contribution in [3.63, 3.8) is 0 Å². The van der Waals surface area contributed by atoms with Gasteiger partial charge in [-0.1, -0.05) is 72.4 Å². The topological polar surface area (TPSA) is 49.4 Å². The molecular weight excluding hydrogens is 407 g/mol. The molecule has 0 saturated heterocycles. The van der Waals surface area contributed by atoms with Gasteiger partial charge >= 0.3 is 0 Å². The molecule has 1 atom stereocenters. The molecule has 0 aliphatic heterocycles. The first-order valence-electron chi connectivity index (χ1n) is 9.89. The van der Waals surface area contributed by atoms with Gasteiger partial charge in [-0.2, -0.15) is 0 Å².